The average Bonchev–Trinajstić information content (AvgIpc) is 2.90. The van der Waals surface area contributed by atoms with E-state index >= 15 is 0 Å². The number of nitrogens with one attached hydrogen (secondary N) is 1. The molecule has 2 heterocycles. The molecular formula is C12H15N3O3. The van der Waals surface area contributed by atoms with Gasteiger partial charge in [0.1, 0.15) is 5.69 Å². The van der Waals surface area contributed by atoms with Crippen LogP contribution in [0.3, 0.4) is 0 Å². The van der Waals surface area contributed by atoms with Crippen molar-refractivity contribution in [3.05, 3.63) is 24.0 Å². The number of hydrogen-bond acceptors (Lipinski definition) is 4. The Hall–Kier alpha value is -2.11. The normalized spacial score (nSPS) is 14.6. The highest BCUT2D eigenvalue weighted by atomic mass is 16.4. The lowest BCUT2D eigenvalue weighted by Crippen LogP contribution is -2.33. The Morgan fingerprint density at radius 1 is 1.39 bits per heavy atom. The molecule has 0 saturated carbocycles. The summed E-state index contributed by atoms with van der Waals surface area (Å²) < 4.78 is 0. The highest BCUT2D eigenvalue weighted by Crippen LogP contribution is 2.10. The number of likely N-dealkylation sites (tertiary alicyclic amines) is 1. The van der Waals surface area contributed by atoms with E-state index in [1.165, 1.54) is 12.3 Å². The number of aromatic nitrogens is 1. The fourth-order valence-corrected chi connectivity index (χ4v) is 1.91. The summed E-state index contributed by atoms with van der Waals surface area (Å²) >= 11 is 0. The van der Waals surface area contributed by atoms with E-state index in [2.05, 4.69) is 10.3 Å². The number of amides is 1. The van der Waals surface area contributed by atoms with E-state index < -0.39 is 5.97 Å². The largest absolute Gasteiger partial charge is 0.477 e. The van der Waals surface area contributed by atoms with E-state index in [1.807, 2.05) is 4.90 Å². The monoisotopic (exact) mass is 249 g/mol. The second-order valence-corrected chi connectivity index (χ2v) is 4.18. The minimum absolute atomic E-state index is 0.0337. The van der Waals surface area contributed by atoms with Crippen LogP contribution in [-0.2, 0) is 4.79 Å². The van der Waals surface area contributed by atoms with Crippen LogP contribution in [0.25, 0.3) is 0 Å². The van der Waals surface area contributed by atoms with Gasteiger partial charge in [-0.05, 0) is 25.0 Å². The van der Waals surface area contributed by atoms with Gasteiger partial charge in [-0.3, -0.25) is 4.79 Å². The van der Waals surface area contributed by atoms with Gasteiger partial charge < -0.3 is 15.3 Å². The molecule has 18 heavy (non-hydrogen) atoms. The number of pyridine rings is 1. The molecule has 0 spiro atoms. The summed E-state index contributed by atoms with van der Waals surface area (Å²) in [7, 11) is 0. The van der Waals surface area contributed by atoms with Crippen LogP contribution in [0.2, 0.25) is 0 Å². The lowest BCUT2D eigenvalue weighted by molar-refractivity contribution is -0.128. The summed E-state index contributed by atoms with van der Waals surface area (Å²) in [5.74, 6) is -1.04. The Kier molecular flexibility index (Phi) is 3.76. The van der Waals surface area contributed by atoms with Crippen molar-refractivity contribution in [3.8, 4) is 0 Å². The molecule has 1 aromatic heterocycles. The van der Waals surface area contributed by atoms with Gasteiger partial charge in [-0.25, -0.2) is 9.78 Å². The molecule has 1 saturated heterocycles. The molecule has 6 nitrogen and oxygen atoms in total. The summed E-state index contributed by atoms with van der Waals surface area (Å²) in [5, 5.41) is 11.7. The maximum atomic E-state index is 11.8. The van der Waals surface area contributed by atoms with Gasteiger partial charge >= 0.3 is 5.97 Å². The molecule has 2 N–H and O–H groups in total. The van der Waals surface area contributed by atoms with Crippen LogP contribution >= 0.6 is 0 Å². The highest BCUT2D eigenvalue weighted by Gasteiger charge is 2.17. The van der Waals surface area contributed by atoms with Crippen LogP contribution < -0.4 is 5.32 Å². The minimum atomic E-state index is -1.08. The molecular weight excluding hydrogens is 234 g/mol. The summed E-state index contributed by atoms with van der Waals surface area (Å²) in [5.41, 5.74) is 0.559. The molecule has 1 aliphatic heterocycles. The third kappa shape index (κ3) is 2.97. The van der Waals surface area contributed by atoms with E-state index in [1.54, 1.807) is 6.07 Å². The predicted molar refractivity (Wildman–Crippen MR) is 65.5 cm³/mol. The van der Waals surface area contributed by atoms with Crippen LogP contribution in [0, 0.1) is 0 Å². The van der Waals surface area contributed by atoms with Crippen molar-refractivity contribution in [3.63, 3.8) is 0 Å². The number of rotatable bonds is 4. The molecule has 6 heteroatoms. The summed E-state index contributed by atoms with van der Waals surface area (Å²) in [4.78, 5) is 28.0. The van der Waals surface area contributed by atoms with Crippen molar-refractivity contribution in [1.82, 2.24) is 9.88 Å². The fraction of sp³-hybridized carbons (Fsp3) is 0.417. The molecule has 0 aromatic carbocycles. The van der Waals surface area contributed by atoms with Crippen molar-refractivity contribution in [1.29, 1.82) is 0 Å². The van der Waals surface area contributed by atoms with E-state index in [-0.39, 0.29) is 18.1 Å². The Labute approximate surface area is 105 Å². The van der Waals surface area contributed by atoms with Crippen LogP contribution in [0.15, 0.2) is 18.3 Å². The summed E-state index contributed by atoms with van der Waals surface area (Å²) in [6, 6.07) is 3.06. The van der Waals surface area contributed by atoms with E-state index in [0.717, 1.165) is 25.9 Å². The van der Waals surface area contributed by atoms with Crippen molar-refractivity contribution in [2.75, 3.05) is 25.0 Å². The molecule has 1 amide bonds. The number of carboxylic acid groups (broad SMARTS) is 1. The predicted octanol–water partition coefficient (Wildman–Crippen LogP) is 0.814. The molecule has 0 unspecified atom stereocenters. The van der Waals surface area contributed by atoms with Gasteiger partial charge in [0.2, 0.25) is 5.91 Å². The molecule has 0 aliphatic carbocycles. The number of carbonyl (C=O) groups is 2. The lowest BCUT2D eigenvalue weighted by atomic mass is 10.3. The average molecular weight is 249 g/mol. The first kappa shape index (κ1) is 12.3. The van der Waals surface area contributed by atoms with E-state index in [4.69, 9.17) is 5.11 Å². The molecule has 0 radical (unpaired) electrons. The van der Waals surface area contributed by atoms with Crippen LogP contribution in [-0.4, -0.2) is 46.5 Å². The summed E-state index contributed by atoms with van der Waals surface area (Å²) in [6.45, 7) is 1.82. The fourth-order valence-electron chi connectivity index (χ4n) is 1.91. The van der Waals surface area contributed by atoms with Gasteiger partial charge in [0.15, 0.2) is 0 Å². The minimum Gasteiger partial charge on any atom is -0.477 e. The number of carbonyl (C=O) groups excluding carboxylic acids is 1. The van der Waals surface area contributed by atoms with Gasteiger partial charge in [-0.2, -0.15) is 0 Å². The zero-order chi connectivity index (χ0) is 13.0. The van der Waals surface area contributed by atoms with Gasteiger partial charge in [0.25, 0.3) is 0 Å². The molecule has 0 atom stereocenters. The Bertz CT molecular complexity index is 456. The zero-order valence-corrected chi connectivity index (χ0v) is 9.93. The Morgan fingerprint density at radius 3 is 2.78 bits per heavy atom. The quantitative estimate of drug-likeness (QED) is 0.825. The second kappa shape index (κ2) is 5.48. The zero-order valence-electron chi connectivity index (χ0n) is 9.93. The number of hydrogen-bond donors (Lipinski definition) is 2. The third-order valence-electron chi connectivity index (χ3n) is 2.88. The maximum absolute atomic E-state index is 11.8. The Morgan fingerprint density at radius 2 is 2.11 bits per heavy atom. The van der Waals surface area contributed by atoms with Gasteiger partial charge in [0, 0.05) is 25.0 Å². The van der Waals surface area contributed by atoms with Crippen LogP contribution in [0.1, 0.15) is 23.3 Å². The summed E-state index contributed by atoms with van der Waals surface area (Å²) in [6.07, 6.45) is 3.53. The standard InChI is InChI=1S/C12H15N3O3/c16-11(15-5-1-2-6-15)8-14-9-3-4-13-10(7-9)12(17)18/h3-4,7H,1-2,5-6,8H2,(H,13,14)(H,17,18). The highest BCUT2D eigenvalue weighted by molar-refractivity contribution is 5.87. The van der Waals surface area contributed by atoms with Crippen molar-refractivity contribution >= 4 is 17.6 Å². The van der Waals surface area contributed by atoms with Crippen LogP contribution in [0.5, 0.6) is 0 Å². The number of carboxylic acids is 1. The van der Waals surface area contributed by atoms with E-state index in [0.29, 0.717) is 5.69 Å². The van der Waals surface area contributed by atoms with Gasteiger partial charge in [0.05, 0.1) is 6.54 Å². The number of aromatic carboxylic acids is 1. The SMILES string of the molecule is O=C(O)c1cc(NCC(=O)N2CCCC2)ccn1. The lowest BCUT2D eigenvalue weighted by Gasteiger charge is -2.15. The number of anilines is 1. The molecule has 1 aliphatic rings. The third-order valence-corrected chi connectivity index (χ3v) is 2.88. The topological polar surface area (TPSA) is 82.5 Å². The number of nitrogens with zero attached hydrogens (tertiary/aromatic N) is 2. The van der Waals surface area contributed by atoms with Crippen molar-refractivity contribution in [2.24, 2.45) is 0 Å². The molecule has 0 bridgehead atoms. The van der Waals surface area contributed by atoms with Crippen molar-refractivity contribution in [2.45, 2.75) is 12.8 Å². The first-order valence-corrected chi connectivity index (χ1v) is 5.88. The molecule has 1 fully saturated rings. The van der Waals surface area contributed by atoms with E-state index in [9.17, 15) is 9.59 Å². The molecule has 1 aromatic rings. The first-order valence-electron chi connectivity index (χ1n) is 5.88. The first-order chi connectivity index (χ1) is 8.66. The van der Waals surface area contributed by atoms with Gasteiger partial charge in [-0.15, -0.1) is 0 Å². The molecule has 96 valence electrons. The van der Waals surface area contributed by atoms with Crippen molar-refractivity contribution < 1.29 is 14.7 Å². The molecule has 2 rings (SSSR count). The Balaban J connectivity index is 1.91. The smallest absolute Gasteiger partial charge is 0.354 e. The second-order valence-electron chi connectivity index (χ2n) is 4.18. The maximum Gasteiger partial charge on any atom is 0.354 e. The van der Waals surface area contributed by atoms with Gasteiger partial charge in [-0.1, -0.05) is 0 Å². The van der Waals surface area contributed by atoms with Crippen LogP contribution in [0.4, 0.5) is 5.69 Å².